The molecule has 4 rings (SSSR count). The van der Waals surface area contributed by atoms with E-state index in [4.69, 9.17) is 4.74 Å². The van der Waals surface area contributed by atoms with Crippen LogP contribution in [0.2, 0.25) is 0 Å². The standard InChI is InChI=1S/C15H21N5O.C10H13NO/c1-10-8-13(16-11(10)2)19-14-9-15(18-12(3)17-14)20-4-6-21-7-5-20;1-3-10(12)11-9-6-4-8(2)5-7-9/h8-9,16H,4-7H2,1-3H3,(H,17,18,19);4-7H,3H2,1-2H3,(H,11,12). The van der Waals surface area contributed by atoms with Crippen molar-refractivity contribution in [2.24, 2.45) is 0 Å². The van der Waals surface area contributed by atoms with Gasteiger partial charge in [0.05, 0.1) is 13.2 Å². The summed E-state index contributed by atoms with van der Waals surface area (Å²) < 4.78 is 5.39. The molecular formula is C25H34N6O2. The number of hydrogen-bond acceptors (Lipinski definition) is 6. The highest BCUT2D eigenvalue weighted by molar-refractivity contribution is 5.90. The number of anilines is 4. The van der Waals surface area contributed by atoms with E-state index < -0.39 is 0 Å². The minimum Gasteiger partial charge on any atom is -0.378 e. The summed E-state index contributed by atoms with van der Waals surface area (Å²) in [6, 6.07) is 11.8. The van der Waals surface area contributed by atoms with Crippen LogP contribution in [0, 0.1) is 27.7 Å². The van der Waals surface area contributed by atoms with Crippen molar-refractivity contribution in [1.82, 2.24) is 15.0 Å². The maximum Gasteiger partial charge on any atom is 0.224 e. The van der Waals surface area contributed by atoms with Gasteiger partial charge in [0.2, 0.25) is 5.91 Å². The second-order valence-corrected chi connectivity index (χ2v) is 8.14. The number of aryl methyl sites for hydroxylation is 4. The quantitative estimate of drug-likeness (QED) is 0.524. The molecule has 176 valence electrons. The molecule has 1 aliphatic rings. The first kappa shape index (κ1) is 24.3. The Bertz CT molecular complexity index is 1040. The fraction of sp³-hybridized carbons (Fsp3) is 0.400. The van der Waals surface area contributed by atoms with Crippen molar-refractivity contribution in [2.75, 3.05) is 41.8 Å². The zero-order chi connectivity index (χ0) is 23.8. The normalized spacial score (nSPS) is 13.2. The highest BCUT2D eigenvalue weighted by Crippen LogP contribution is 2.21. The van der Waals surface area contributed by atoms with Gasteiger partial charge in [0.1, 0.15) is 23.3 Å². The van der Waals surface area contributed by atoms with Gasteiger partial charge in [-0.3, -0.25) is 4.79 Å². The van der Waals surface area contributed by atoms with Crippen molar-refractivity contribution in [3.8, 4) is 0 Å². The van der Waals surface area contributed by atoms with E-state index in [0.717, 1.165) is 61.0 Å². The molecule has 3 N–H and O–H groups in total. The van der Waals surface area contributed by atoms with Crippen molar-refractivity contribution < 1.29 is 9.53 Å². The Hall–Kier alpha value is -3.39. The third-order valence-electron chi connectivity index (χ3n) is 5.35. The molecule has 8 heteroatoms. The van der Waals surface area contributed by atoms with E-state index in [2.05, 4.69) is 50.4 Å². The summed E-state index contributed by atoms with van der Waals surface area (Å²) in [6.45, 7) is 13.2. The second-order valence-electron chi connectivity index (χ2n) is 8.14. The molecule has 0 unspecified atom stereocenters. The van der Waals surface area contributed by atoms with Crippen LogP contribution in [0.15, 0.2) is 36.4 Å². The Labute approximate surface area is 195 Å². The number of H-pyrrole nitrogens is 1. The minimum absolute atomic E-state index is 0.0545. The summed E-state index contributed by atoms with van der Waals surface area (Å²) in [6.07, 6.45) is 0.522. The van der Waals surface area contributed by atoms with Gasteiger partial charge in [-0.1, -0.05) is 24.6 Å². The monoisotopic (exact) mass is 450 g/mol. The minimum atomic E-state index is 0.0545. The molecule has 0 saturated carbocycles. The SMILES string of the molecule is CCC(=O)Nc1ccc(C)cc1.Cc1nc(Nc2cc(C)c(C)[nH]2)cc(N2CCOCC2)n1. The van der Waals surface area contributed by atoms with E-state index >= 15 is 0 Å². The fourth-order valence-electron chi connectivity index (χ4n) is 3.32. The number of aromatic nitrogens is 3. The van der Waals surface area contributed by atoms with Crippen LogP contribution in [0.5, 0.6) is 0 Å². The van der Waals surface area contributed by atoms with Gasteiger partial charge < -0.3 is 25.3 Å². The molecule has 1 aliphatic heterocycles. The van der Waals surface area contributed by atoms with Crippen LogP contribution in [0.1, 0.15) is 36.0 Å². The van der Waals surface area contributed by atoms with Crippen LogP contribution in [0.4, 0.5) is 23.1 Å². The van der Waals surface area contributed by atoms with Gasteiger partial charge in [-0.15, -0.1) is 0 Å². The lowest BCUT2D eigenvalue weighted by Gasteiger charge is -2.28. The predicted octanol–water partition coefficient (Wildman–Crippen LogP) is 4.65. The van der Waals surface area contributed by atoms with Gasteiger partial charge >= 0.3 is 0 Å². The first-order chi connectivity index (χ1) is 15.8. The molecule has 33 heavy (non-hydrogen) atoms. The van der Waals surface area contributed by atoms with E-state index in [1.54, 1.807) is 0 Å². The molecule has 0 atom stereocenters. The average Bonchev–Trinajstić information content (AvgIpc) is 3.12. The van der Waals surface area contributed by atoms with Crippen molar-refractivity contribution in [2.45, 2.75) is 41.0 Å². The number of amides is 1. The summed E-state index contributed by atoms with van der Waals surface area (Å²) in [5.74, 6) is 3.54. The number of nitrogens with one attached hydrogen (secondary N) is 3. The number of carbonyl (C=O) groups is 1. The first-order valence-electron chi connectivity index (χ1n) is 11.3. The lowest BCUT2D eigenvalue weighted by molar-refractivity contribution is -0.115. The average molecular weight is 451 g/mol. The summed E-state index contributed by atoms with van der Waals surface area (Å²) in [7, 11) is 0. The zero-order valence-electron chi connectivity index (χ0n) is 20.2. The van der Waals surface area contributed by atoms with Gasteiger partial charge in [-0.05, 0) is 51.5 Å². The molecule has 0 aliphatic carbocycles. The lowest BCUT2D eigenvalue weighted by Crippen LogP contribution is -2.36. The molecule has 0 spiro atoms. The molecule has 3 aromatic rings. The van der Waals surface area contributed by atoms with E-state index in [1.165, 1.54) is 11.1 Å². The third kappa shape index (κ3) is 7.32. The van der Waals surface area contributed by atoms with Crippen molar-refractivity contribution in [1.29, 1.82) is 0 Å². The van der Waals surface area contributed by atoms with E-state index in [9.17, 15) is 4.79 Å². The van der Waals surface area contributed by atoms with Crippen molar-refractivity contribution in [3.63, 3.8) is 0 Å². The van der Waals surface area contributed by atoms with E-state index in [0.29, 0.717) is 6.42 Å². The molecule has 2 aromatic heterocycles. The summed E-state index contributed by atoms with van der Waals surface area (Å²) in [5, 5.41) is 6.10. The Morgan fingerprint density at radius 3 is 2.36 bits per heavy atom. The number of aromatic amines is 1. The van der Waals surface area contributed by atoms with Gasteiger partial charge in [-0.2, -0.15) is 0 Å². The second kappa shape index (κ2) is 11.5. The lowest BCUT2D eigenvalue weighted by atomic mass is 10.2. The Morgan fingerprint density at radius 1 is 1.06 bits per heavy atom. The molecule has 0 radical (unpaired) electrons. The molecule has 1 saturated heterocycles. The predicted molar refractivity (Wildman–Crippen MR) is 133 cm³/mol. The highest BCUT2D eigenvalue weighted by Gasteiger charge is 2.14. The maximum atomic E-state index is 11.0. The molecule has 0 bridgehead atoms. The van der Waals surface area contributed by atoms with Crippen LogP contribution in [-0.4, -0.2) is 47.2 Å². The number of benzene rings is 1. The van der Waals surface area contributed by atoms with E-state index in [1.807, 2.05) is 51.1 Å². The molecule has 1 fully saturated rings. The highest BCUT2D eigenvalue weighted by atomic mass is 16.5. The topological polar surface area (TPSA) is 95.2 Å². The van der Waals surface area contributed by atoms with Gasteiger partial charge in [0.15, 0.2) is 0 Å². The van der Waals surface area contributed by atoms with Gasteiger partial charge in [-0.25, -0.2) is 9.97 Å². The largest absolute Gasteiger partial charge is 0.378 e. The number of morpholine rings is 1. The number of carbonyl (C=O) groups excluding carboxylic acids is 1. The molecular weight excluding hydrogens is 416 g/mol. The third-order valence-corrected chi connectivity index (χ3v) is 5.35. The summed E-state index contributed by atoms with van der Waals surface area (Å²) in [5.41, 5.74) is 4.46. The summed E-state index contributed by atoms with van der Waals surface area (Å²) in [4.78, 5) is 25.5. The van der Waals surface area contributed by atoms with Crippen LogP contribution in [-0.2, 0) is 9.53 Å². The van der Waals surface area contributed by atoms with Crippen LogP contribution in [0.3, 0.4) is 0 Å². The Balaban J connectivity index is 0.000000218. The first-order valence-corrected chi connectivity index (χ1v) is 11.3. The van der Waals surface area contributed by atoms with Gasteiger partial charge in [0.25, 0.3) is 0 Å². The number of nitrogens with zero attached hydrogens (tertiary/aromatic N) is 3. The van der Waals surface area contributed by atoms with Crippen molar-refractivity contribution >= 4 is 29.0 Å². The van der Waals surface area contributed by atoms with Crippen molar-refractivity contribution in [3.05, 3.63) is 59.0 Å². The summed E-state index contributed by atoms with van der Waals surface area (Å²) >= 11 is 0. The molecule has 1 amide bonds. The zero-order valence-corrected chi connectivity index (χ0v) is 20.2. The van der Waals surface area contributed by atoms with E-state index in [-0.39, 0.29) is 5.91 Å². The van der Waals surface area contributed by atoms with Crippen LogP contribution >= 0.6 is 0 Å². The molecule has 8 nitrogen and oxygen atoms in total. The van der Waals surface area contributed by atoms with Crippen LogP contribution in [0.25, 0.3) is 0 Å². The Morgan fingerprint density at radius 2 is 1.76 bits per heavy atom. The molecule has 3 heterocycles. The number of hydrogen-bond donors (Lipinski definition) is 3. The maximum absolute atomic E-state index is 11.0. The number of rotatable bonds is 5. The Kier molecular flexibility index (Phi) is 8.43. The van der Waals surface area contributed by atoms with Crippen LogP contribution < -0.4 is 15.5 Å². The fourth-order valence-corrected chi connectivity index (χ4v) is 3.32. The smallest absolute Gasteiger partial charge is 0.224 e. The van der Waals surface area contributed by atoms with Gasteiger partial charge in [0, 0.05) is 37.0 Å². The molecule has 1 aromatic carbocycles. The number of ether oxygens (including phenoxy) is 1.